The van der Waals surface area contributed by atoms with Crippen molar-refractivity contribution >= 4 is 40.1 Å². The second-order valence-electron chi connectivity index (χ2n) is 6.71. The predicted molar refractivity (Wildman–Crippen MR) is 86.4 cm³/mol. The third kappa shape index (κ3) is 1.35. The van der Waals surface area contributed by atoms with E-state index in [4.69, 9.17) is 0 Å². The molecule has 2 bridgehead atoms. The molecule has 4 atom stereocenters. The summed E-state index contributed by atoms with van der Waals surface area (Å²) in [6.07, 6.45) is 6.79. The van der Waals surface area contributed by atoms with Crippen LogP contribution < -0.4 is 4.90 Å². The molecule has 1 heterocycles. The number of imide groups is 1. The summed E-state index contributed by atoms with van der Waals surface area (Å²) in [6, 6.07) is 7.64. The van der Waals surface area contributed by atoms with E-state index in [1.807, 2.05) is 24.3 Å². The molecule has 106 valence electrons. The summed E-state index contributed by atoms with van der Waals surface area (Å²) < 4.78 is 1.11. The molecule has 4 heteroatoms. The fraction of sp³-hybridized carbons (Fsp3) is 0.412. The lowest BCUT2D eigenvalue weighted by Gasteiger charge is -2.21. The molecule has 2 saturated carbocycles. The molecule has 1 aliphatic heterocycles. The van der Waals surface area contributed by atoms with E-state index in [0.717, 1.165) is 9.26 Å². The Balaban J connectivity index is 1.57. The first-order chi connectivity index (χ1) is 10.1. The number of rotatable bonds is 1. The Morgan fingerprint density at radius 1 is 0.952 bits per heavy atom. The standard InChI is InChI=1S/C17H14INO2/c18-9-1-3-10(4-2-9)19-15(20)13-11-5-6-12(14(13)16(19)21)17(11)7-8-17/h1-6,11-14H,7-8H2/t11-,12-,13-,14-/m1/s1. The fourth-order valence-corrected chi connectivity index (χ4v) is 5.28. The topological polar surface area (TPSA) is 37.4 Å². The van der Waals surface area contributed by atoms with Gasteiger partial charge in [0.25, 0.3) is 0 Å². The molecule has 5 rings (SSSR count). The van der Waals surface area contributed by atoms with Crippen LogP contribution in [0.5, 0.6) is 0 Å². The molecule has 2 amide bonds. The molecule has 0 radical (unpaired) electrons. The van der Waals surface area contributed by atoms with Gasteiger partial charge in [0.05, 0.1) is 17.5 Å². The highest BCUT2D eigenvalue weighted by Crippen LogP contribution is 2.73. The van der Waals surface area contributed by atoms with Crippen molar-refractivity contribution in [3.8, 4) is 0 Å². The van der Waals surface area contributed by atoms with Crippen molar-refractivity contribution in [2.24, 2.45) is 29.1 Å². The molecule has 3 nitrogen and oxygen atoms in total. The summed E-state index contributed by atoms with van der Waals surface area (Å²) in [5.41, 5.74) is 1.00. The first-order valence-electron chi connectivity index (χ1n) is 7.45. The van der Waals surface area contributed by atoms with Crippen molar-refractivity contribution in [2.45, 2.75) is 12.8 Å². The van der Waals surface area contributed by atoms with Crippen LogP contribution in [-0.4, -0.2) is 11.8 Å². The molecule has 0 unspecified atom stereocenters. The average Bonchev–Trinajstić information content (AvgIpc) is 3.07. The maximum Gasteiger partial charge on any atom is 0.238 e. The molecule has 1 saturated heterocycles. The molecule has 1 aromatic rings. The lowest BCUT2D eigenvalue weighted by atomic mass is 9.85. The van der Waals surface area contributed by atoms with E-state index in [1.54, 1.807) is 0 Å². The predicted octanol–water partition coefficient (Wildman–Crippen LogP) is 2.99. The highest BCUT2D eigenvalue weighted by Gasteiger charge is 2.73. The highest BCUT2D eigenvalue weighted by atomic mass is 127. The number of allylic oxidation sites excluding steroid dienone is 2. The molecule has 3 aliphatic carbocycles. The van der Waals surface area contributed by atoms with Crippen LogP contribution in [0, 0.1) is 32.7 Å². The van der Waals surface area contributed by atoms with Gasteiger partial charge in [0.2, 0.25) is 11.8 Å². The molecule has 3 fully saturated rings. The van der Waals surface area contributed by atoms with Crippen molar-refractivity contribution < 1.29 is 9.59 Å². The van der Waals surface area contributed by atoms with Gasteiger partial charge in [0, 0.05) is 3.57 Å². The normalized spacial score (nSPS) is 37.7. The van der Waals surface area contributed by atoms with Gasteiger partial charge in [0.1, 0.15) is 0 Å². The average molecular weight is 391 g/mol. The van der Waals surface area contributed by atoms with E-state index in [9.17, 15) is 9.59 Å². The Bertz CT molecular complexity index is 670. The fourth-order valence-electron chi connectivity index (χ4n) is 4.92. The molecular formula is C17H14INO2. The number of hydrogen-bond acceptors (Lipinski definition) is 2. The molecule has 1 spiro atoms. The SMILES string of the molecule is O=C1[C@H]2[C@H](C(=O)N1c1ccc(I)cc1)[C@H]1C=C[C@H]2C12CC2. The molecule has 0 N–H and O–H groups in total. The van der Waals surface area contributed by atoms with E-state index < -0.39 is 0 Å². The van der Waals surface area contributed by atoms with Crippen LogP contribution in [0.4, 0.5) is 5.69 Å². The third-order valence-electron chi connectivity index (χ3n) is 5.94. The van der Waals surface area contributed by atoms with Gasteiger partial charge < -0.3 is 0 Å². The van der Waals surface area contributed by atoms with Crippen LogP contribution in [0.1, 0.15) is 12.8 Å². The van der Waals surface area contributed by atoms with Gasteiger partial charge in [-0.05, 0) is 76.9 Å². The van der Waals surface area contributed by atoms with Crippen LogP contribution in [0.25, 0.3) is 0 Å². The summed E-state index contributed by atoms with van der Waals surface area (Å²) in [5, 5.41) is 0. The Kier molecular flexibility index (Phi) is 2.22. The maximum absolute atomic E-state index is 12.9. The number of halogens is 1. The number of anilines is 1. The van der Waals surface area contributed by atoms with E-state index >= 15 is 0 Å². The van der Waals surface area contributed by atoms with Crippen molar-refractivity contribution in [3.63, 3.8) is 0 Å². The van der Waals surface area contributed by atoms with Crippen LogP contribution in [0.15, 0.2) is 36.4 Å². The maximum atomic E-state index is 12.9. The van der Waals surface area contributed by atoms with E-state index in [1.165, 1.54) is 17.7 Å². The Labute approximate surface area is 136 Å². The Hall–Kier alpha value is -1.17. The van der Waals surface area contributed by atoms with E-state index in [-0.39, 0.29) is 29.1 Å². The van der Waals surface area contributed by atoms with E-state index in [0.29, 0.717) is 11.8 Å². The number of benzene rings is 1. The van der Waals surface area contributed by atoms with Gasteiger partial charge in [-0.15, -0.1) is 0 Å². The number of fused-ring (bicyclic) bond motifs is 3. The first-order valence-corrected chi connectivity index (χ1v) is 8.53. The molecule has 4 aliphatic rings. The largest absolute Gasteiger partial charge is 0.274 e. The van der Waals surface area contributed by atoms with Gasteiger partial charge in [-0.2, -0.15) is 0 Å². The molecule has 21 heavy (non-hydrogen) atoms. The van der Waals surface area contributed by atoms with Gasteiger partial charge >= 0.3 is 0 Å². The Morgan fingerprint density at radius 2 is 1.48 bits per heavy atom. The van der Waals surface area contributed by atoms with Crippen LogP contribution in [0.2, 0.25) is 0 Å². The summed E-state index contributed by atoms with van der Waals surface area (Å²) in [6.45, 7) is 0. The lowest BCUT2D eigenvalue weighted by molar-refractivity contribution is -0.123. The number of hydrogen-bond donors (Lipinski definition) is 0. The van der Waals surface area contributed by atoms with Gasteiger partial charge in [-0.25, -0.2) is 0 Å². The quantitative estimate of drug-likeness (QED) is 0.420. The number of carbonyl (C=O) groups excluding carboxylic acids is 2. The Morgan fingerprint density at radius 3 is 1.95 bits per heavy atom. The van der Waals surface area contributed by atoms with Crippen molar-refractivity contribution in [3.05, 3.63) is 40.0 Å². The number of carbonyl (C=O) groups is 2. The zero-order chi connectivity index (χ0) is 14.4. The van der Waals surface area contributed by atoms with Crippen molar-refractivity contribution in [2.75, 3.05) is 4.90 Å². The minimum atomic E-state index is -0.103. The summed E-state index contributed by atoms with van der Waals surface area (Å²) in [4.78, 5) is 27.2. The smallest absolute Gasteiger partial charge is 0.238 e. The minimum absolute atomic E-state index is 0.0225. The van der Waals surface area contributed by atoms with Crippen LogP contribution in [-0.2, 0) is 9.59 Å². The first kappa shape index (κ1) is 12.4. The summed E-state index contributed by atoms with van der Waals surface area (Å²) in [7, 11) is 0. The molecule has 0 aromatic heterocycles. The number of amides is 2. The van der Waals surface area contributed by atoms with Gasteiger partial charge in [-0.1, -0.05) is 12.2 Å². The van der Waals surface area contributed by atoms with Crippen molar-refractivity contribution in [1.82, 2.24) is 0 Å². The monoisotopic (exact) mass is 391 g/mol. The van der Waals surface area contributed by atoms with Crippen LogP contribution >= 0.6 is 22.6 Å². The zero-order valence-electron chi connectivity index (χ0n) is 11.3. The molecular weight excluding hydrogens is 377 g/mol. The zero-order valence-corrected chi connectivity index (χ0v) is 13.5. The number of nitrogens with zero attached hydrogens (tertiary/aromatic N) is 1. The van der Waals surface area contributed by atoms with Crippen molar-refractivity contribution in [1.29, 1.82) is 0 Å². The second kappa shape index (κ2) is 3.77. The summed E-state index contributed by atoms with van der Waals surface area (Å²) >= 11 is 2.23. The van der Waals surface area contributed by atoms with Gasteiger partial charge in [-0.3, -0.25) is 14.5 Å². The second-order valence-corrected chi connectivity index (χ2v) is 7.96. The third-order valence-corrected chi connectivity index (χ3v) is 6.66. The molecule has 1 aromatic carbocycles. The van der Waals surface area contributed by atoms with Gasteiger partial charge in [0.15, 0.2) is 0 Å². The van der Waals surface area contributed by atoms with Crippen LogP contribution in [0.3, 0.4) is 0 Å². The minimum Gasteiger partial charge on any atom is -0.274 e. The highest BCUT2D eigenvalue weighted by molar-refractivity contribution is 14.1. The van der Waals surface area contributed by atoms with E-state index in [2.05, 4.69) is 34.7 Å². The summed E-state index contributed by atoms with van der Waals surface area (Å²) in [5.74, 6) is 0.447. The lowest BCUT2D eigenvalue weighted by Crippen LogP contribution is -2.34.